The highest BCUT2D eigenvalue weighted by atomic mass is 79.9. The second-order valence-electron chi connectivity index (χ2n) is 5.86. The van der Waals surface area contributed by atoms with Crippen molar-refractivity contribution in [1.82, 2.24) is 4.90 Å². The first-order valence-corrected chi connectivity index (χ1v) is 9.50. The lowest BCUT2D eigenvalue weighted by Crippen LogP contribution is -2.37. The molecule has 0 radical (unpaired) electrons. The fourth-order valence-electron chi connectivity index (χ4n) is 2.88. The highest BCUT2D eigenvalue weighted by molar-refractivity contribution is 9.10. The number of halogens is 1. The van der Waals surface area contributed by atoms with Gasteiger partial charge in [-0.15, -0.1) is 11.3 Å². The Bertz CT molecular complexity index is 666. The number of carbonyl (C=O) groups is 1. The third-order valence-electron chi connectivity index (χ3n) is 4.08. The van der Waals surface area contributed by atoms with Crippen LogP contribution in [0, 0.1) is 6.92 Å². The lowest BCUT2D eigenvalue weighted by Gasteiger charge is -2.26. The van der Waals surface area contributed by atoms with Crippen molar-refractivity contribution in [1.29, 1.82) is 0 Å². The van der Waals surface area contributed by atoms with Gasteiger partial charge in [0.1, 0.15) is 0 Å². The summed E-state index contributed by atoms with van der Waals surface area (Å²) in [6.45, 7) is 4.09. The summed E-state index contributed by atoms with van der Waals surface area (Å²) in [6, 6.07) is 9.92. The summed E-state index contributed by atoms with van der Waals surface area (Å²) in [4.78, 5) is 16.2. The molecule has 3 rings (SSSR count). The van der Waals surface area contributed by atoms with Gasteiger partial charge in [-0.1, -0.05) is 22.0 Å². The van der Waals surface area contributed by atoms with Crippen molar-refractivity contribution >= 4 is 33.2 Å². The molecule has 0 saturated carbocycles. The first kappa shape index (κ1) is 16.7. The summed E-state index contributed by atoms with van der Waals surface area (Å²) in [7, 11) is 0. The van der Waals surface area contributed by atoms with Crippen molar-refractivity contribution < 1.29 is 9.53 Å². The van der Waals surface area contributed by atoms with Gasteiger partial charge >= 0.3 is 0 Å². The molecule has 1 aromatic heterocycles. The van der Waals surface area contributed by atoms with E-state index < -0.39 is 0 Å². The van der Waals surface area contributed by atoms with Crippen molar-refractivity contribution in [2.75, 3.05) is 13.2 Å². The molecule has 1 atom stereocenters. The number of ether oxygens (including phenoxy) is 1. The molecule has 1 aromatic carbocycles. The highest BCUT2D eigenvalue weighted by Gasteiger charge is 2.24. The number of carbonyl (C=O) groups excluding carboxylic acids is 1. The Balaban J connectivity index is 1.81. The molecule has 1 aliphatic heterocycles. The number of rotatable bonds is 5. The molecule has 2 aromatic rings. The van der Waals surface area contributed by atoms with E-state index in [0.717, 1.165) is 35.0 Å². The minimum absolute atomic E-state index is 0.0823. The van der Waals surface area contributed by atoms with Crippen molar-refractivity contribution in [3.8, 4) is 0 Å². The number of aryl methyl sites for hydroxylation is 1. The minimum atomic E-state index is 0.0823. The van der Waals surface area contributed by atoms with Crippen LogP contribution in [0.4, 0.5) is 0 Å². The maximum Gasteiger partial charge on any atom is 0.254 e. The molecular formula is C18H20BrNO2S. The number of thiophene rings is 1. The van der Waals surface area contributed by atoms with Crippen LogP contribution >= 0.6 is 27.3 Å². The average Bonchev–Trinajstić information content (AvgIpc) is 3.19. The molecule has 0 bridgehead atoms. The molecule has 1 unspecified atom stereocenters. The van der Waals surface area contributed by atoms with Crippen LogP contribution in [0.25, 0.3) is 0 Å². The quantitative estimate of drug-likeness (QED) is 0.740. The lowest BCUT2D eigenvalue weighted by atomic mass is 10.1. The van der Waals surface area contributed by atoms with E-state index >= 15 is 0 Å². The van der Waals surface area contributed by atoms with Crippen molar-refractivity contribution in [2.45, 2.75) is 32.4 Å². The fraction of sp³-hybridized carbons (Fsp3) is 0.389. The van der Waals surface area contributed by atoms with Gasteiger partial charge in [-0.3, -0.25) is 4.79 Å². The van der Waals surface area contributed by atoms with E-state index in [1.54, 1.807) is 11.3 Å². The first-order chi connectivity index (χ1) is 11.1. The Labute approximate surface area is 149 Å². The normalized spacial score (nSPS) is 17.4. The van der Waals surface area contributed by atoms with E-state index in [9.17, 15) is 4.79 Å². The minimum Gasteiger partial charge on any atom is -0.376 e. The van der Waals surface area contributed by atoms with Crippen LogP contribution in [0.3, 0.4) is 0 Å². The molecule has 2 heterocycles. The van der Waals surface area contributed by atoms with Gasteiger partial charge in [0.15, 0.2) is 0 Å². The smallest absolute Gasteiger partial charge is 0.254 e. The van der Waals surface area contributed by atoms with Crippen LogP contribution < -0.4 is 0 Å². The van der Waals surface area contributed by atoms with E-state index in [1.165, 1.54) is 4.88 Å². The van der Waals surface area contributed by atoms with E-state index in [4.69, 9.17) is 4.74 Å². The predicted octanol–water partition coefficient (Wildman–Crippen LogP) is 4.64. The van der Waals surface area contributed by atoms with Gasteiger partial charge in [0, 0.05) is 28.1 Å². The molecule has 1 aliphatic rings. The van der Waals surface area contributed by atoms with Crippen molar-refractivity contribution in [3.05, 3.63) is 56.2 Å². The fourth-order valence-corrected chi connectivity index (χ4v) is 4.08. The summed E-state index contributed by atoms with van der Waals surface area (Å²) >= 11 is 5.14. The van der Waals surface area contributed by atoms with E-state index in [1.807, 2.05) is 36.1 Å². The van der Waals surface area contributed by atoms with Crippen molar-refractivity contribution in [3.63, 3.8) is 0 Å². The van der Waals surface area contributed by atoms with E-state index in [2.05, 4.69) is 27.4 Å². The molecule has 1 saturated heterocycles. The predicted molar refractivity (Wildman–Crippen MR) is 96.9 cm³/mol. The SMILES string of the molecule is Cc1cc(Br)ccc1C(=O)N(Cc1cccs1)CC1CCCO1. The van der Waals surface area contributed by atoms with Gasteiger partial charge in [-0.25, -0.2) is 0 Å². The molecule has 1 fully saturated rings. The van der Waals surface area contributed by atoms with Crippen LogP contribution in [-0.2, 0) is 11.3 Å². The number of hydrogen-bond donors (Lipinski definition) is 0. The van der Waals surface area contributed by atoms with Crippen LogP contribution in [0.2, 0.25) is 0 Å². The van der Waals surface area contributed by atoms with Gasteiger partial charge in [0.25, 0.3) is 5.91 Å². The van der Waals surface area contributed by atoms with Crippen molar-refractivity contribution in [2.24, 2.45) is 0 Å². The summed E-state index contributed by atoms with van der Waals surface area (Å²) < 4.78 is 6.74. The second-order valence-corrected chi connectivity index (χ2v) is 7.81. The molecule has 23 heavy (non-hydrogen) atoms. The molecule has 0 N–H and O–H groups in total. The molecule has 122 valence electrons. The summed E-state index contributed by atoms with van der Waals surface area (Å²) in [6.07, 6.45) is 2.28. The Morgan fingerprint density at radius 3 is 2.96 bits per heavy atom. The van der Waals surface area contributed by atoms with Crippen LogP contribution in [0.5, 0.6) is 0 Å². The number of hydrogen-bond acceptors (Lipinski definition) is 3. The monoisotopic (exact) mass is 393 g/mol. The number of nitrogens with zero attached hydrogens (tertiary/aromatic N) is 1. The van der Waals surface area contributed by atoms with Gasteiger partial charge in [-0.2, -0.15) is 0 Å². The summed E-state index contributed by atoms with van der Waals surface area (Å²) in [5, 5.41) is 2.05. The van der Waals surface area contributed by atoms with Gasteiger partial charge in [0.05, 0.1) is 12.6 Å². The molecule has 5 heteroatoms. The largest absolute Gasteiger partial charge is 0.376 e. The van der Waals surface area contributed by atoms with Crippen LogP contribution in [0.1, 0.15) is 33.6 Å². The van der Waals surface area contributed by atoms with Gasteiger partial charge in [-0.05, 0) is 55.0 Å². The van der Waals surface area contributed by atoms with Crippen LogP contribution in [-0.4, -0.2) is 30.1 Å². The van der Waals surface area contributed by atoms with E-state index in [-0.39, 0.29) is 12.0 Å². The molecule has 0 aliphatic carbocycles. The van der Waals surface area contributed by atoms with E-state index in [0.29, 0.717) is 13.1 Å². The van der Waals surface area contributed by atoms with Gasteiger partial charge < -0.3 is 9.64 Å². The Morgan fingerprint density at radius 2 is 2.30 bits per heavy atom. The second kappa shape index (κ2) is 7.60. The third-order valence-corrected chi connectivity index (χ3v) is 5.44. The Morgan fingerprint density at radius 1 is 1.43 bits per heavy atom. The first-order valence-electron chi connectivity index (χ1n) is 7.83. The Hall–Kier alpha value is -1.17. The zero-order valence-corrected chi connectivity index (χ0v) is 15.5. The third kappa shape index (κ3) is 4.22. The number of benzene rings is 1. The highest BCUT2D eigenvalue weighted by Crippen LogP contribution is 2.22. The zero-order valence-electron chi connectivity index (χ0n) is 13.1. The molecule has 3 nitrogen and oxygen atoms in total. The Kier molecular flexibility index (Phi) is 5.51. The molecular weight excluding hydrogens is 374 g/mol. The lowest BCUT2D eigenvalue weighted by molar-refractivity contribution is 0.0509. The topological polar surface area (TPSA) is 29.5 Å². The maximum absolute atomic E-state index is 13.1. The maximum atomic E-state index is 13.1. The number of amides is 1. The summed E-state index contributed by atoms with van der Waals surface area (Å²) in [5.41, 5.74) is 1.76. The van der Waals surface area contributed by atoms with Crippen LogP contribution in [0.15, 0.2) is 40.2 Å². The molecule has 0 spiro atoms. The standard InChI is InChI=1S/C18H20BrNO2S/c1-13-10-14(19)6-7-17(13)18(21)20(11-15-4-2-8-22-15)12-16-5-3-9-23-16/h3,5-7,9-10,15H,2,4,8,11-12H2,1H3. The average molecular weight is 394 g/mol. The van der Waals surface area contributed by atoms with Gasteiger partial charge in [0.2, 0.25) is 0 Å². The zero-order chi connectivity index (χ0) is 16.2. The summed E-state index contributed by atoms with van der Waals surface area (Å²) in [5.74, 6) is 0.0823. The molecule has 1 amide bonds.